The Morgan fingerprint density at radius 1 is 0.531 bits per heavy atom. The predicted molar refractivity (Wildman–Crippen MR) is 196 cm³/mol. The summed E-state index contributed by atoms with van der Waals surface area (Å²) in [6, 6.07) is 16.3. The van der Waals surface area contributed by atoms with Gasteiger partial charge in [-0.15, -0.1) is 0 Å². The van der Waals surface area contributed by atoms with Gasteiger partial charge in [-0.05, 0) is 35.1 Å². The van der Waals surface area contributed by atoms with E-state index in [0.29, 0.717) is 6.42 Å². The molecule has 0 amide bonds. The van der Waals surface area contributed by atoms with Crippen LogP contribution in [0, 0.1) is 0 Å². The highest BCUT2D eigenvalue weighted by Gasteiger charge is 2.29. The van der Waals surface area contributed by atoms with Crippen molar-refractivity contribution in [3.05, 3.63) is 59.7 Å². The van der Waals surface area contributed by atoms with Gasteiger partial charge in [-0.3, -0.25) is 9.59 Å². The van der Waals surface area contributed by atoms with Crippen LogP contribution in [0.15, 0.2) is 48.5 Å². The number of benzene rings is 2. The maximum atomic E-state index is 12.7. The molecule has 1 aliphatic carbocycles. The quantitative estimate of drug-likeness (QED) is 0.0528. The smallest absolute Gasteiger partial charge is 0.462 e. The van der Waals surface area contributed by atoms with E-state index in [1.165, 1.54) is 77.0 Å². The molecule has 49 heavy (non-hydrogen) atoms. The lowest BCUT2D eigenvalue weighted by Gasteiger charge is -2.19. The third-order valence-corrected chi connectivity index (χ3v) is 9.41. The Morgan fingerprint density at radius 3 is 1.47 bits per heavy atom. The van der Waals surface area contributed by atoms with E-state index in [4.69, 9.17) is 18.9 Å². The number of unbranched alkanes of at least 4 members (excludes halogenated alkanes) is 16. The number of fused-ring (bicyclic) bond motifs is 3. The SMILES string of the molecule is CCCCCCCCCCCC(=O)OCC(COC(=O)OCC1c2ccccc2-c2ccccc21)OC(=O)CCCCCCCCCCC. The lowest BCUT2D eigenvalue weighted by Crippen LogP contribution is -2.31. The topological polar surface area (TPSA) is 88.1 Å². The zero-order valence-electron chi connectivity index (χ0n) is 30.4. The normalized spacial score (nSPS) is 12.6. The molecule has 0 bridgehead atoms. The number of carbonyl (C=O) groups excluding carboxylic acids is 3. The molecule has 2 aromatic carbocycles. The zero-order chi connectivity index (χ0) is 34.9. The molecule has 1 atom stereocenters. The molecule has 0 radical (unpaired) electrons. The van der Waals surface area contributed by atoms with Gasteiger partial charge in [0.2, 0.25) is 0 Å². The van der Waals surface area contributed by atoms with Crippen LogP contribution in [-0.4, -0.2) is 44.0 Å². The van der Waals surface area contributed by atoms with Crippen molar-refractivity contribution in [2.45, 2.75) is 154 Å². The molecule has 7 nitrogen and oxygen atoms in total. The number of rotatable bonds is 27. The Morgan fingerprint density at radius 2 is 0.959 bits per heavy atom. The molecule has 7 heteroatoms. The van der Waals surface area contributed by atoms with Gasteiger partial charge in [-0.1, -0.05) is 165 Å². The summed E-state index contributed by atoms with van der Waals surface area (Å²) in [4.78, 5) is 37.9. The van der Waals surface area contributed by atoms with E-state index in [1.54, 1.807) is 0 Å². The maximum Gasteiger partial charge on any atom is 0.508 e. The average Bonchev–Trinajstić information content (AvgIpc) is 3.43. The van der Waals surface area contributed by atoms with Gasteiger partial charge >= 0.3 is 18.1 Å². The first-order chi connectivity index (χ1) is 24.0. The largest absolute Gasteiger partial charge is 0.508 e. The first-order valence-electron chi connectivity index (χ1n) is 19.4. The third kappa shape index (κ3) is 15.8. The van der Waals surface area contributed by atoms with E-state index in [-0.39, 0.29) is 44.1 Å². The standard InChI is InChI=1S/C42H62O7/c1-3-5-7-9-11-13-15-17-19-29-40(43)46-31-34(49-41(44)30-20-18-16-14-12-10-8-6-4-2)32-47-42(45)48-33-39-37-27-23-21-25-35(37)36-26-22-24-28-38(36)39/h21-28,34,39H,3-20,29-33H2,1-2H3. The molecule has 0 heterocycles. The summed E-state index contributed by atoms with van der Waals surface area (Å²) in [7, 11) is 0. The first-order valence-corrected chi connectivity index (χ1v) is 19.4. The monoisotopic (exact) mass is 678 g/mol. The van der Waals surface area contributed by atoms with Gasteiger partial charge < -0.3 is 18.9 Å². The van der Waals surface area contributed by atoms with Crippen molar-refractivity contribution in [3.63, 3.8) is 0 Å². The van der Waals surface area contributed by atoms with Gasteiger partial charge in [-0.2, -0.15) is 0 Å². The molecular weight excluding hydrogens is 616 g/mol. The summed E-state index contributed by atoms with van der Waals surface area (Å²) in [5.41, 5.74) is 4.50. The van der Waals surface area contributed by atoms with Gasteiger partial charge in [-0.25, -0.2) is 4.79 Å². The number of carbonyl (C=O) groups is 3. The second-order valence-corrected chi connectivity index (χ2v) is 13.6. The molecule has 0 aliphatic heterocycles. The molecular formula is C42H62O7. The second kappa shape index (κ2) is 24.7. The van der Waals surface area contributed by atoms with Crippen molar-refractivity contribution < 1.29 is 33.3 Å². The van der Waals surface area contributed by atoms with Crippen LogP contribution in [0.3, 0.4) is 0 Å². The summed E-state index contributed by atoms with van der Waals surface area (Å²) in [5, 5.41) is 0. The van der Waals surface area contributed by atoms with E-state index >= 15 is 0 Å². The Balaban J connectivity index is 1.41. The molecule has 3 rings (SSSR count). The van der Waals surface area contributed by atoms with Gasteiger partial charge in [0, 0.05) is 18.8 Å². The molecule has 0 spiro atoms. The van der Waals surface area contributed by atoms with Gasteiger partial charge in [0.05, 0.1) is 0 Å². The predicted octanol–water partition coefficient (Wildman–Crippen LogP) is 11.2. The zero-order valence-corrected chi connectivity index (χ0v) is 30.4. The van der Waals surface area contributed by atoms with Crippen LogP contribution in [0.2, 0.25) is 0 Å². The highest BCUT2D eigenvalue weighted by atomic mass is 16.7. The minimum atomic E-state index is -0.890. The maximum absolute atomic E-state index is 12.7. The molecule has 0 aromatic heterocycles. The van der Waals surface area contributed by atoms with Crippen molar-refractivity contribution in [1.82, 2.24) is 0 Å². The van der Waals surface area contributed by atoms with Crippen molar-refractivity contribution in [1.29, 1.82) is 0 Å². The fraction of sp³-hybridized carbons (Fsp3) is 0.643. The van der Waals surface area contributed by atoms with E-state index in [1.807, 2.05) is 24.3 Å². The Kier molecular flexibility index (Phi) is 20.2. The van der Waals surface area contributed by atoms with Crippen LogP contribution in [0.4, 0.5) is 4.79 Å². The lowest BCUT2D eigenvalue weighted by molar-refractivity contribution is -0.162. The molecule has 0 saturated carbocycles. The molecule has 0 saturated heterocycles. The number of ether oxygens (including phenoxy) is 4. The number of hydrogen-bond donors (Lipinski definition) is 0. The molecule has 1 aliphatic rings. The summed E-state index contributed by atoms with van der Waals surface area (Å²) in [6.45, 7) is 4.17. The van der Waals surface area contributed by atoms with Crippen LogP contribution in [0.5, 0.6) is 0 Å². The fourth-order valence-electron chi connectivity index (χ4n) is 6.57. The lowest BCUT2D eigenvalue weighted by atomic mass is 9.98. The van der Waals surface area contributed by atoms with Gasteiger partial charge in [0.1, 0.15) is 19.8 Å². The van der Waals surface area contributed by atoms with E-state index in [2.05, 4.69) is 38.1 Å². The minimum Gasteiger partial charge on any atom is -0.462 e. The van der Waals surface area contributed by atoms with Gasteiger partial charge in [0.25, 0.3) is 0 Å². The minimum absolute atomic E-state index is 0.0908. The molecule has 0 N–H and O–H groups in total. The number of hydrogen-bond acceptors (Lipinski definition) is 7. The molecule has 1 unspecified atom stereocenters. The molecule has 2 aromatic rings. The first kappa shape index (κ1) is 40.1. The Hall–Kier alpha value is -3.35. The Labute approximate surface area is 295 Å². The third-order valence-electron chi connectivity index (χ3n) is 9.41. The van der Waals surface area contributed by atoms with E-state index in [9.17, 15) is 14.4 Å². The highest BCUT2D eigenvalue weighted by molar-refractivity contribution is 5.79. The van der Waals surface area contributed by atoms with Crippen LogP contribution in [0.1, 0.15) is 159 Å². The van der Waals surface area contributed by atoms with Crippen LogP contribution >= 0.6 is 0 Å². The van der Waals surface area contributed by atoms with Crippen LogP contribution < -0.4 is 0 Å². The molecule has 0 fully saturated rings. The van der Waals surface area contributed by atoms with Gasteiger partial charge in [0.15, 0.2) is 6.10 Å². The van der Waals surface area contributed by atoms with E-state index in [0.717, 1.165) is 60.8 Å². The summed E-state index contributed by atoms with van der Waals surface area (Å²) in [6.07, 6.45) is 19.7. The molecule has 272 valence electrons. The highest BCUT2D eigenvalue weighted by Crippen LogP contribution is 2.44. The Bertz CT molecular complexity index is 1180. The number of esters is 2. The van der Waals surface area contributed by atoms with Crippen molar-refractivity contribution in [2.75, 3.05) is 19.8 Å². The van der Waals surface area contributed by atoms with Crippen molar-refractivity contribution >= 4 is 18.1 Å². The summed E-state index contributed by atoms with van der Waals surface area (Å²) < 4.78 is 22.1. The van der Waals surface area contributed by atoms with Crippen molar-refractivity contribution in [3.8, 4) is 11.1 Å². The fourth-order valence-corrected chi connectivity index (χ4v) is 6.57. The summed E-state index contributed by atoms with van der Waals surface area (Å²) >= 11 is 0. The van der Waals surface area contributed by atoms with Crippen molar-refractivity contribution in [2.24, 2.45) is 0 Å². The second-order valence-electron chi connectivity index (χ2n) is 13.6. The van der Waals surface area contributed by atoms with Crippen LogP contribution in [0.25, 0.3) is 11.1 Å². The summed E-state index contributed by atoms with van der Waals surface area (Å²) in [5.74, 6) is -0.796. The van der Waals surface area contributed by atoms with Crippen LogP contribution in [-0.2, 0) is 28.5 Å². The van der Waals surface area contributed by atoms with E-state index < -0.39 is 12.3 Å². The average molecular weight is 679 g/mol.